The van der Waals surface area contributed by atoms with E-state index in [4.69, 9.17) is 14.7 Å². The zero-order valence-electron chi connectivity index (χ0n) is 36.8. The van der Waals surface area contributed by atoms with Crippen molar-refractivity contribution < 1.29 is 4.74 Å². The van der Waals surface area contributed by atoms with Crippen LogP contribution in [-0.2, 0) is 22.2 Å². The third-order valence-corrected chi connectivity index (χ3v) is 13.8. The Bertz CT molecular complexity index is 3100. The summed E-state index contributed by atoms with van der Waals surface area (Å²) in [5, 5.41) is 4.85. The van der Waals surface area contributed by atoms with Gasteiger partial charge in [-0.2, -0.15) is 0 Å². The molecule has 0 radical (unpaired) electrons. The molecule has 5 nitrogen and oxygen atoms in total. The van der Waals surface area contributed by atoms with Crippen molar-refractivity contribution in [2.24, 2.45) is 10.4 Å². The number of pyridine rings is 1. The fourth-order valence-electron chi connectivity index (χ4n) is 10.7. The molecule has 1 aliphatic heterocycles. The predicted molar refractivity (Wildman–Crippen MR) is 247 cm³/mol. The lowest BCUT2D eigenvalue weighted by atomic mass is 9.65. The fraction of sp³-hybridized carbons (Fsp3) is 0.333. The molecule has 3 aromatic heterocycles. The Morgan fingerprint density at radius 1 is 0.695 bits per heavy atom. The van der Waals surface area contributed by atoms with Gasteiger partial charge in [0.2, 0.25) is 5.90 Å². The van der Waals surface area contributed by atoms with Gasteiger partial charge in [0.15, 0.2) is 5.60 Å². The molecular weight excluding hydrogens is 721 g/mol. The Hall–Kier alpha value is -5.68. The first-order valence-corrected chi connectivity index (χ1v) is 21.4. The molecule has 0 N–H and O–H groups in total. The molecule has 0 spiro atoms. The molecule has 4 heterocycles. The minimum Gasteiger partial charge on any atom is -0.463 e. The van der Waals surface area contributed by atoms with Crippen molar-refractivity contribution in [3.8, 4) is 11.4 Å². The summed E-state index contributed by atoms with van der Waals surface area (Å²) in [5.74, 6) is 1.03. The summed E-state index contributed by atoms with van der Waals surface area (Å²) in [6, 6.07) is 36.5. The lowest BCUT2D eigenvalue weighted by molar-refractivity contribution is -0.0723. The highest BCUT2D eigenvalue weighted by Gasteiger charge is 2.67. The number of ether oxygens (including phenoxy) is 1. The average molecular weight is 777 g/mol. The van der Waals surface area contributed by atoms with Gasteiger partial charge in [-0.25, -0.2) is 9.98 Å². The van der Waals surface area contributed by atoms with Gasteiger partial charge in [0.25, 0.3) is 0 Å². The number of fused-ring (bicyclic) bond motifs is 9. The number of aromatic nitrogens is 3. The molecule has 8 aromatic rings. The van der Waals surface area contributed by atoms with Crippen molar-refractivity contribution >= 4 is 49.6 Å². The van der Waals surface area contributed by atoms with Crippen LogP contribution in [0, 0.1) is 26.2 Å². The van der Waals surface area contributed by atoms with Crippen LogP contribution in [0.1, 0.15) is 113 Å². The van der Waals surface area contributed by atoms with Gasteiger partial charge in [0, 0.05) is 62.1 Å². The van der Waals surface area contributed by atoms with Crippen LogP contribution in [0.5, 0.6) is 0 Å². The first-order valence-electron chi connectivity index (χ1n) is 21.4. The summed E-state index contributed by atoms with van der Waals surface area (Å²) < 4.78 is 12.3. The largest absolute Gasteiger partial charge is 0.463 e. The quantitative estimate of drug-likeness (QED) is 0.179. The van der Waals surface area contributed by atoms with E-state index in [1.54, 1.807) is 0 Å². The molecule has 0 amide bonds. The van der Waals surface area contributed by atoms with Crippen molar-refractivity contribution in [3.63, 3.8) is 0 Å². The van der Waals surface area contributed by atoms with Crippen LogP contribution in [0.3, 0.4) is 0 Å². The Morgan fingerprint density at radius 2 is 1.44 bits per heavy atom. The van der Waals surface area contributed by atoms with Gasteiger partial charge in [0.1, 0.15) is 11.2 Å². The Morgan fingerprint density at radius 3 is 2.19 bits per heavy atom. The number of aliphatic imine (C=N–C) groups is 1. The van der Waals surface area contributed by atoms with Gasteiger partial charge in [-0.15, -0.1) is 0 Å². The van der Waals surface area contributed by atoms with Crippen LogP contribution in [0.15, 0.2) is 108 Å². The monoisotopic (exact) mass is 776 g/mol. The highest BCUT2D eigenvalue weighted by atomic mass is 16.5. The van der Waals surface area contributed by atoms with E-state index in [2.05, 4.69) is 189 Å². The van der Waals surface area contributed by atoms with Gasteiger partial charge < -0.3 is 9.30 Å². The highest BCUT2D eigenvalue weighted by Crippen LogP contribution is 2.62. The van der Waals surface area contributed by atoms with E-state index in [-0.39, 0.29) is 10.8 Å². The van der Waals surface area contributed by atoms with Gasteiger partial charge in [-0.3, -0.25) is 4.57 Å². The summed E-state index contributed by atoms with van der Waals surface area (Å²) in [5.41, 5.74) is 15.6. The molecule has 0 fully saturated rings. The standard InChI is InChI=1S/C54H56N4O/c1-31(2)35-25-36(50-56-53(12)30-44-34(5)33(4)16-20-45(44)54(53,59-50)52(9,10)11)27-39(26-35)57-46-21-15-32(3)24-42(46)40-19-18-38(29-48(40)57)58-47-22-17-37(51(6,7)8)28-43(47)41-14-13-23-55-49(41)58/h13-29,31H,30H2,1-12H3/t53-,54-/m1/s1. The van der Waals surface area contributed by atoms with Gasteiger partial charge in [-0.05, 0) is 134 Å². The zero-order valence-corrected chi connectivity index (χ0v) is 36.8. The Labute approximate surface area is 348 Å². The van der Waals surface area contributed by atoms with Gasteiger partial charge >= 0.3 is 0 Å². The molecule has 5 aromatic carbocycles. The van der Waals surface area contributed by atoms with Gasteiger partial charge in [0.05, 0.1) is 16.6 Å². The molecule has 298 valence electrons. The third-order valence-electron chi connectivity index (χ3n) is 13.8. The zero-order chi connectivity index (χ0) is 41.6. The highest BCUT2D eigenvalue weighted by molar-refractivity contribution is 6.12. The van der Waals surface area contributed by atoms with E-state index in [0.29, 0.717) is 5.92 Å². The molecule has 59 heavy (non-hydrogen) atoms. The van der Waals surface area contributed by atoms with E-state index in [1.807, 2.05) is 6.20 Å². The average Bonchev–Trinajstić information content (AvgIpc) is 3.87. The van der Waals surface area contributed by atoms with E-state index in [0.717, 1.165) is 51.3 Å². The molecule has 10 rings (SSSR count). The van der Waals surface area contributed by atoms with Crippen LogP contribution >= 0.6 is 0 Å². The van der Waals surface area contributed by atoms with Crippen molar-refractivity contribution in [1.82, 2.24) is 14.1 Å². The van der Waals surface area contributed by atoms with E-state index in [1.165, 1.54) is 60.6 Å². The molecule has 0 saturated carbocycles. The van der Waals surface area contributed by atoms with E-state index in [9.17, 15) is 0 Å². The minimum absolute atomic E-state index is 0.0355. The number of hydrogen-bond donors (Lipinski definition) is 0. The molecule has 2 aliphatic rings. The lowest BCUT2D eigenvalue weighted by Crippen LogP contribution is -2.52. The van der Waals surface area contributed by atoms with Crippen LogP contribution in [-0.4, -0.2) is 25.6 Å². The summed E-state index contributed by atoms with van der Waals surface area (Å²) >= 11 is 0. The maximum Gasteiger partial charge on any atom is 0.217 e. The molecule has 2 atom stereocenters. The lowest BCUT2D eigenvalue weighted by Gasteiger charge is -2.46. The maximum absolute atomic E-state index is 7.46. The third kappa shape index (κ3) is 5.29. The fourth-order valence-corrected chi connectivity index (χ4v) is 10.7. The van der Waals surface area contributed by atoms with Crippen molar-refractivity contribution in [1.29, 1.82) is 0 Å². The number of nitrogens with zero attached hydrogens (tertiary/aromatic N) is 4. The van der Waals surface area contributed by atoms with Crippen LogP contribution in [0.2, 0.25) is 0 Å². The Kier molecular flexibility index (Phi) is 7.91. The van der Waals surface area contributed by atoms with Crippen molar-refractivity contribution in [2.75, 3.05) is 0 Å². The smallest absolute Gasteiger partial charge is 0.217 e. The second-order valence-corrected chi connectivity index (χ2v) is 20.2. The van der Waals surface area contributed by atoms with Crippen molar-refractivity contribution in [2.45, 2.75) is 112 Å². The van der Waals surface area contributed by atoms with Crippen LogP contribution in [0.4, 0.5) is 0 Å². The topological polar surface area (TPSA) is 44.3 Å². The Balaban J connectivity index is 1.20. The first kappa shape index (κ1) is 37.6. The molecule has 0 saturated heterocycles. The normalized spacial score (nSPS) is 19.3. The summed E-state index contributed by atoms with van der Waals surface area (Å²) in [4.78, 5) is 10.6. The number of rotatable bonds is 4. The summed E-state index contributed by atoms with van der Waals surface area (Å²) in [7, 11) is 0. The maximum atomic E-state index is 7.46. The number of hydrogen-bond acceptors (Lipinski definition) is 3. The number of benzene rings is 5. The molecule has 1 aliphatic carbocycles. The predicted octanol–water partition coefficient (Wildman–Crippen LogP) is 13.7. The van der Waals surface area contributed by atoms with E-state index < -0.39 is 11.1 Å². The first-order chi connectivity index (χ1) is 27.9. The van der Waals surface area contributed by atoms with Crippen molar-refractivity contribution in [3.05, 3.63) is 148 Å². The SMILES string of the molecule is Cc1ccc2c(c1)c1ccc(-n3c4ccc(C(C)(C)C)cc4c4cccnc43)cc1n2-c1cc(C2=N[C@]3(C)Cc4c(ccc(C)c4C)[C@]3(C(C)(C)C)O2)cc(C(C)C)c1. The molecule has 0 unspecified atom stereocenters. The van der Waals surface area contributed by atoms with E-state index >= 15 is 0 Å². The number of aryl methyl sites for hydroxylation is 2. The molecule has 0 bridgehead atoms. The summed E-state index contributed by atoms with van der Waals surface area (Å²) in [6.07, 6.45) is 2.77. The minimum atomic E-state index is -0.597. The molecule has 5 heteroatoms. The molecular formula is C54H56N4O. The second-order valence-electron chi connectivity index (χ2n) is 20.2. The van der Waals surface area contributed by atoms with Gasteiger partial charge in [-0.1, -0.05) is 91.3 Å². The van der Waals surface area contributed by atoms with Crippen LogP contribution in [0.25, 0.3) is 55.1 Å². The second kappa shape index (κ2) is 12.4. The summed E-state index contributed by atoms with van der Waals surface area (Å²) in [6.45, 7) is 27.3. The van der Waals surface area contributed by atoms with Crippen LogP contribution < -0.4 is 0 Å².